The van der Waals surface area contributed by atoms with E-state index in [9.17, 15) is 0 Å². The van der Waals surface area contributed by atoms with Crippen LogP contribution in [0.3, 0.4) is 0 Å². The molecular weight excluding hydrogens is 164 g/mol. The molecule has 0 aliphatic carbocycles. The van der Waals surface area contributed by atoms with Crippen LogP contribution in [0, 0.1) is 13.8 Å². The van der Waals surface area contributed by atoms with Gasteiger partial charge in [0.1, 0.15) is 0 Å². The van der Waals surface area contributed by atoms with Gasteiger partial charge in [-0.15, -0.1) is 10.2 Å². The first-order valence-corrected chi connectivity index (χ1v) is 4.08. The first-order chi connectivity index (χ1) is 6.27. The van der Waals surface area contributed by atoms with Crippen LogP contribution in [-0.2, 0) is 0 Å². The molecule has 0 fully saturated rings. The fourth-order valence-corrected chi connectivity index (χ4v) is 1.25. The Morgan fingerprint density at radius 2 is 2.08 bits per heavy atom. The summed E-state index contributed by atoms with van der Waals surface area (Å²) < 4.78 is 0. The Morgan fingerprint density at radius 1 is 1.23 bits per heavy atom. The second kappa shape index (κ2) is 2.97. The number of tetrazole rings is 1. The molecule has 1 aromatic heterocycles. The predicted octanol–water partition coefficient (Wildman–Crippen LogP) is 1.48. The first kappa shape index (κ1) is 7.91. The number of aryl methyl sites for hydroxylation is 2. The number of benzene rings is 1. The lowest BCUT2D eigenvalue weighted by molar-refractivity contribution is 0.881. The third kappa shape index (κ3) is 1.42. The number of rotatable bonds is 1. The maximum absolute atomic E-state index is 3.94. The van der Waals surface area contributed by atoms with Gasteiger partial charge in [-0.05, 0) is 30.7 Å². The maximum atomic E-state index is 3.94. The van der Waals surface area contributed by atoms with Crippen LogP contribution >= 0.6 is 0 Å². The van der Waals surface area contributed by atoms with Crippen molar-refractivity contribution in [3.8, 4) is 11.4 Å². The van der Waals surface area contributed by atoms with Crippen LogP contribution in [-0.4, -0.2) is 20.6 Å². The second-order valence-corrected chi connectivity index (χ2v) is 3.05. The van der Waals surface area contributed by atoms with Gasteiger partial charge in [-0.1, -0.05) is 17.7 Å². The Bertz CT molecular complexity index is 406. The lowest BCUT2D eigenvalue weighted by atomic mass is 10.1. The summed E-state index contributed by atoms with van der Waals surface area (Å²) in [7, 11) is 0. The Balaban J connectivity index is 2.57. The molecule has 0 unspecified atom stereocenters. The predicted molar refractivity (Wildman–Crippen MR) is 49.1 cm³/mol. The Morgan fingerprint density at radius 3 is 2.77 bits per heavy atom. The van der Waals surface area contributed by atoms with Crippen LogP contribution in [0.4, 0.5) is 0 Å². The van der Waals surface area contributed by atoms with Gasteiger partial charge in [-0.25, -0.2) is 0 Å². The van der Waals surface area contributed by atoms with Gasteiger partial charge in [0.05, 0.1) is 0 Å². The van der Waals surface area contributed by atoms with Gasteiger partial charge in [-0.2, -0.15) is 5.21 Å². The van der Waals surface area contributed by atoms with Crippen molar-refractivity contribution in [2.45, 2.75) is 13.8 Å². The van der Waals surface area contributed by atoms with Crippen molar-refractivity contribution < 1.29 is 0 Å². The van der Waals surface area contributed by atoms with Crippen LogP contribution in [0.25, 0.3) is 11.4 Å². The van der Waals surface area contributed by atoms with Gasteiger partial charge in [0.25, 0.3) is 0 Å². The summed E-state index contributed by atoms with van der Waals surface area (Å²) in [4.78, 5) is 0. The molecular formula is C9H10N4. The third-order valence-corrected chi connectivity index (χ3v) is 1.98. The van der Waals surface area contributed by atoms with E-state index in [0.717, 1.165) is 11.1 Å². The zero-order chi connectivity index (χ0) is 9.26. The average Bonchev–Trinajstić information content (AvgIpc) is 2.61. The lowest BCUT2D eigenvalue weighted by Gasteiger charge is -2.01. The van der Waals surface area contributed by atoms with Crippen LogP contribution in [0.1, 0.15) is 11.1 Å². The van der Waals surface area contributed by atoms with E-state index in [2.05, 4.69) is 38.8 Å². The van der Waals surface area contributed by atoms with Gasteiger partial charge >= 0.3 is 0 Å². The third-order valence-electron chi connectivity index (χ3n) is 1.98. The number of aromatic amines is 1. The van der Waals surface area contributed by atoms with Crippen molar-refractivity contribution in [1.29, 1.82) is 0 Å². The number of aromatic nitrogens is 4. The molecule has 0 atom stereocenters. The molecule has 66 valence electrons. The molecule has 1 heterocycles. The van der Waals surface area contributed by atoms with Gasteiger partial charge in [0, 0.05) is 5.56 Å². The summed E-state index contributed by atoms with van der Waals surface area (Å²) in [5, 5.41) is 13.9. The van der Waals surface area contributed by atoms with Crippen LogP contribution in [0.2, 0.25) is 0 Å². The fraction of sp³-hybridized carbons (Fsp3) is 0.222. The molecule has 0 spiro atoms. The zero-order valence-corrected chi connectivity index (χ0v) is 7.57. The minimum absolute atomic E-state index is 0.654. The molecule has 0 aliphatic heterocycles. The topological polar surface area (TPSA) is 54.5 Å². The highest BCUT2D eigenvalue weighted by atomic mass is 15.5. The van der Waals surface area contributed by atoms with E-state index in [1.807, 2.05) is 13.8 Å². The first-order valence-electron chi connectivity index (χ1n) is 4.08. The molecule has 1 aromatic carbocycles. The molecule has 13 heavy (non-hydrogen) atoms. The van der Waals surface area contributed by atoms with Crippen molar-refractivity contribution in [2.75, 3.05) is 0 Å². The Hall–Kier alpha value is -1.71. The molecule has 0 bridgehead atoms. The van der Waals surface area contributed by atoms with E-state index in [0.29, 0.717) is 5.82 Å². The number of hydrogen-bond acceptors (Lipinski definition) is 3. The highest BCUT2D eigenvalue weighted by Gasteiger charge is 2.05. The maximum Gasteiger partial charge on any atom is 0.204 e. The minimum atomic E-state index is 0.654. The van der Waals surface area contributed by atoms with Crippen molar-refractivity contribution in [2.24, 2.45) is 0 Å². The van der Waals surface area contributed by atoms with Crippen LogP contribution < -0.4 is 0 Å². The molecule has 4 nitrogen and oxygen atoms in total. The average molecular weight is 174 g/mol. The van der Waals surface area contributed by atoms with E-state index < -0.39 is 0 Å². The quantitative estimate of drug-likeness (QED) is 0.712. The highest BCUT2D eigenvalue weighted by Crippen LogP contribution is 2.19. The molecule has 2 aromatic rings. The van der Waals surface area contributed by atoms with E-state index in [-0.39, 0.29) is 0 Å². The number of nitrogens with zero attached hydrogens (tertiary/aromatic N) is 3. The Kier molecular flexibility index (Phi) is 1.81. The summed E-state index contributed by atoms with van der Waals surface area (Å²) in [5.41, 5.74) is 3.39. The van der Waals surface area contributed by atoms with E-state index in [1.165, 1.54) is 5.56 Å². The SMILES string of the molecule is Cc1ccc(C)c(-c2nn[nH]n2)c1. The highest BCUT2D eigenvalue weighted by molar-refractivity contribution is 5.59. The number of H-pyrrole nitrogens is 1. The largest absolute Gasteiger partial charge is 0.204 e. The van der Waals surface area contributed by atoms with Gasteiger partial charge < -0.3 is 0 Å². The summed E-state index contributed by atoms with van der Waals surface area (Å²) in [5.74, 6) is 0.654. The van der Waals surface area contributed by atoms with Gasteiger partial charge in [0.2, 0.25) is 5.82 Å². The fourth-order valence-electron chi connectivity index (χ4n) is 1.25. The van der Waals surface area contributed by atoms with E-state index >= 15 is 0 Å². The molecule has 0 saturated heterocycles. The minimum Gasteiger partial charge on any atom is -0.177 e. The van der Waals surface area contributed by atoms with Crippen LogP contribution in [0.5, 0.6) is 0 Å². The molecule has 1 N–H and O–H groups in total. The number of nitrogens with one attached hydrogen (secondary N) is 1. The van der Waals surface area contributed by atoms with Crippen molar-refractivity contribution in [1.82, 2.24) is 20.6 Å². The lowest BCUT2D eigenvalue weighted by Crippen LogP contribution is -1.86. The van der Waals surface area contributed by atoms with Gasteiger partial charge in [0.15, 0.2) is 0 Å². The normalized spacial score (nSPS) is 10.3. The molecule has 0 radical (unpaired) electrons. The molecule has 0 saturated carbocycles. The molecule has 2 rings (SSSR count). The van der Waals surface area contributed by atoms with Crippen molar-refractivity contribution in [3.05, 3.63) is 29.3 Å². The van der Waals surface area contributed by atoms with Crippen molar-refractivity contribution in [3.63, 3.8) is 0 Å². The van der Waals surface area contributed by atoms with E-state index in [4.69, 9.17) is 0 Å². The Labute approximate surface area is 76.0 Å². The molecule has 0 amide bonds. The van der Waals surface area contributed by atoms with Crippen molar-refractivity contribution >= 4 is 0 Å². The second-order valence-electron chi connectivity index (χ2n) is 3.05. The number of hydrogen-bond donors (Lipinski definition) is 1. The summed E-state index contributed by atoms with van der Waals surface area (Å²) >= 11 is 0. The molecule has 4 heteroatoms. The summed E-state index contributed by atoms with van der Waals surface area (Å²) in [6, 6.07) is 6.18. The van der Waals surface area contributed by atoms with Gasteiger partial charge in [-0.3, -0.25) is 0 Å². The summed E-state index contributed by atoms with van der Waals surface area (Å²) in [6.07, 6.45) is 0. The van der Waals surface area contributed by atoms with Crippen LogP contribution in [0.15, 0.2) is 18.2 Å². The van der Waals surface area contributed by atoms with E-state index in [1.54, 1.807) is 0 Å². The monoisotopic (exact) mass is 174 g/mol. The molecule has 0 aliphatic rings. The summed E-state index contributed by atoms with van der Waals surface area (Å²) in [6.45, 7) is 4.08. The standard InChI is InChI=1S/C9H10N4/c1-6-3-4-7(2)8(5-6)9-10-12-13-11-9/h3-5H,1-2H3,(H,10,11,12,13). The zero-order valence-electron chi connectivity index (χ0n) is 7.57. The smallest absolute Gasteiger partial charge is 0.177 e.